The Labute approximate surface area is 132 Å². The molecule has 0 heterocycles. The number of aryl methyl sites for hydroxylation is 1. The summed E-state index contributed by atoms with van der Waals surface area (Å²) in [5.41, 5.74) is -1.79. The number of alkyl halides is 6. The highest BCUT2D eigenvalue weighted by molar-refractivity contribution is 5.90. The first-order valence-electron chi connectivity index (χ1n) is 6.97. The van der Waals surface area contributed by atoms with E-state index in [9.17, 15) is 36.2 Å². The highest BCUT2D eigenvalue weighted by Gasteiger charge is 2.72. The number of anilines is 1. The van der Waals surface area contributed by atoms with E-state index in [0.717, 1.165) is 6.07 Å². The maximum absolute atomic E-state index is 13.1. The van der Waals surface area contributed by atoms with Gasteiger partial charge in [0.2, 0.25) is 0 Å². The van der Waals surface area contributed by atoms with Crippen molar-refractivity contribution >= 4 is 11.7 Å². The number of carbonyl (C=O) groups is 1. The number of urea groups is 1. The molecule has 4 N–H and O–H groups in total. The molecule has 0 spiro atoms. The molecule has 4 nitrogen and oxygen atoms in total. The summed E-state index contributed by atoms with van der Waals surface area (Å²) >= 11 is 0. The van der Waals surface area contributed by atoms with Crippen LogP contribution in [0.4, 0.5) is 36.8 Å². The Morgan fingerprint density at radius 3 is 2.08 bits per heavy atom. The Morgan fingerprint density at radius 2 is 1.58 bits per heavy atom. The number of hydrogen-bond donors (Lipinski definition) is 3. The van der Waals surface area contributed by atoms with Gasteiger partial charge in [0.25, 0.3) is 5.60 Å². The summed E-state index contributed by atoms with van der Waals surface area (Å²) in [4.78, 5) is 11.1. The standard InChI is InChI=1S/C14H14F6N2O2/c15-13(16,17)12(24,14(18,19)20)9-6-5-7-3-1-2-4-8(7)10(9)22-11(21)23/h5-6,24H,1-4H2,(H3,21,22,23). The minimum Gasteiger partial charge on any atom is -0.369 e. The Hall–Kier alpha value is -1.97. The molecule has 24 heavy (non-hydrogen) atoms. The fourth-order valence-electron chi connectivity index (χ4n) is 2.86. The number of nitrogens with two attached hydrogens (primary N) is 1. The molecule has 1 aliphatic rings. The molecule has 0 saturated carbocycles. The Bertz CT molecular complexity index is 640. The molecule has 1 aromatic carbocycles. The van der Waals surface area contributed by atoms with E-state index in [2.05, 4.69) is 0 Å². The molecule has 0 aromatic heterocycles. The number of amides is 2. The van der Waals surface area contributed by atoms with Crippen molar-refractivity contribution in [3.05, 3.63) is 28.8 Å². The molecule has 134 valence electrons. The highest BCUT2D eigenvalue weighted by atomic mass is 19.4. The number of hydrogen-bond acceptors (Lipinski definition) is 2. The van der Waals surface area contributed by atoms with Crippen LogP contribution in [0, 0.1) is 0 Å². The topological polar surface area (TPSA) is 75.4 Å². The van der Waals surface area contributed by atoms with Crippen molar-refractivity contribution in [3.8, 4) is 0 Å². The quantitative estimate of drug-likeness (QED) is 0.711. The van der Waals surface area contributed by atoms with Gasteiger partial charge in [-0.15, -0.1) is 0 Å². The van der Waals surface area contributed by atoms with E-state index >= 15 is 0 Å². The second-order valence-corrected chi connectivity index (χ2v) is 5.53. The van der Waals surface area contributed by atoms with Crippen molar-refractivity contribution in [2.45, 2.75) is 43.6 Å². The largest absolute Gasteiger partial charge is 0.430 e. The van der Waals surface area contributed by atoms with Crippen molar-refractivity contribution in [1.29, 1.82) is 0 Å². The fraction of sp³-hybridized carbons (Fsp3) is 0.500. The van der Waals surface area contributed by atoms with Crippen LogP contribution >= 0.6 is 0 Å². The van der Waals surface area contributed by atoms with Gasteiger partial charge in [0.05, 0.1) is 5.69 Å². The third-order valence-electron chi connectivity index (χ3n) is 3.99. The average molecular weight is 356 g/mol. The van der Waals surface area contributed by atoms with Crippen LogP contribution in [0.2, 0.25) is 0 Å². The maximum Gasteiger partial charge on any atom is 0.430 e. The Kier molecular flexibility index (Phi) is 4.47. The lowest BCUT2D eigenvalue weighted by Crippen LogP contribution is -2.54. The summed E-state index contributed by atoms with van der Waals surface area (Å²) in [6.07, 6.45) is -10.2. The van der Waals surface area contributed by atoms with Gasteiger partial charge in [0.1, 0.15) is 0 Å². The molecule has 10 heteroatoms. The molecule has 2 rings (SSSR count). The van der Waals surface area contributed by atoms with Gasteiger partial charge < -0.3 is 16.2 Å². The van der Waals surface area contributed by atoms with E-state index in [1.54, 1.807) is 0 Å². The van der Waals surface area contributed by atoms with E-state index in [1.807, 2.05) is 5.32 Å². The summed E-state index contributed by atoms with van der Waals surface area (Å²) in [6, 6.07) is 0.330. The third kappa shape index (κ3) is 2.90. The monoisotopic (exact) mass is 356 g/mol. The molecular formula is C14H14F6N2O2. The zero-order valence-electron chi connectivity index (χ0n) is 12.2. The molecule has 0 saturated heterocycles. The SMILES string of the molecule is NC(=O)Nc1c(C(O)(C(F)(F)F)C(F)(F)F)ccc2c1CCCC2. The molecule has 0 atom stereocenters. The van der Waals surface area contributed by atoms with Gasteiger partial charge in [-0.2, -0.15) is 26.3 Å². The first-order chi connectivity index (χ1) is 10.9. The van der Waals surface area contributed by atoms with E-state index in [0.29, 0.717) is 30.9 Å². The number of nitrogens with one attached hydrogen (secondary N) is 1. The highest BCUT2D eigenvalue weighted by Crippen LogP contribution is 2.53. The summed E-state index contributed by atoms with van der Waals surface area (Å²) in [5, 5.41) is 11.4. The lowest BCUT2D eigenvalue weighted by atomic mass is 9.83. The minimum absolute atomic E-state index is 0.129. The lowest BCUT2D eigenvalue weighted by molar-refractivity contribution is -0.376. The van der Waals surface area contributed by atoms with Gasteiger partial charge in [-0.3, -0.25) is 0 Å². The van der Waals surface area contributed by atoms with Crippen molar-refractivity contribution in [2.75, 3.05) is 5.32 Å². The average Bonchev–Trinajstić information content (AvgIpc) is 2.44. The fourth-order valence-corrected chi connectivity index (χ4v) is 2.86. The number of fused-ring (bicyclic) bond motifs is 1. The van der Waals surface area contributed by atoms with Crippen LogP contribution in [-0.4, -0.2) is 23.5 Å². The van der Waals surface area contributed by atoms with Gasteiger partial charge in [0.15, 0.2) is 0 Å². The summed E-state index contributed by atoms with van der Waals surface area (Å²) in [5.74, 6) is 0. The van der Waals surface area contributed by atoms with E-state index in [4.69, 9.17) is 5.73 Å². The second-order valence-electron chi connectivity index (χ2n) is 5.53. The minimum atomic E-state index is -6.04. The number of benzene rings is 1. The van der Waals surface area contributed by atoms with Gasteiger partial charge in [-0.25, -0.2) is 4.79 Å². The van der Waals surface area contributed by atoms with Crippen LogP contribution in [0.25, 0.3) is 0 Å². The first kappa shape index (κ1) is 18.4. The van der Waals surface area contributed by atoms with E-state index in [-0.39, 0.29) is 12.0 Å². The lowest BCUT2D eigenvalue weighted by Gasteiger charge is -2.35. The molecule has 0 bridgehead atoms. The molecule has 1 aromatic rings. The summed E-state index contributed by atoms with van der Waals surface area (Å²) in [7, 11) is 0. The van der Waals surface area contributed by atoms with Gasteiger partial charge >= 0.3 is 18.4 Å². The molecule has 0 fully saturated rings. The first-order valence-corrected chi connectivity index (χ1v) is 6.97. The predicted molar refractivity (Wildman–Crippen MR) is 72.3 cm³/mol. The van der Waals surface area contributed by atoms with Crippen molar-refractivity contribution < 1.29 is 36.2 Å². The smallest absolute Gasteiger partial charge is 0.369 e. The molecule has 0 aliphatic heterocycles. The van der Waals surface area contributed by atoms with Crippen LogP contribution in [0.3, 0.4) is 0 Å². The van der Waals surface area contributed by atoms with Crippen LogP contribution < -0.4 is 11.1 Å². The number of carbonyl (C=O) groups excluding carboxylic acids is 1. The molecule has 0 radical (unpaired) electrons. The van der Waals surface area contributed by atoms with Gasteiger partial charge in [-0.1, -0.05) is 12.1 Å². The van der Waals surface area contributed by atoms with Crippen LogP contribution in [-0.2, 0) is 18.4 Å². The van der Waals surface area contributed by atoms with Gasteiger partial charge in [0, 0.05) is 5.56 Å². The van der Waals surface area contributed by atoms with E-state index in [1.165, 1.54) is 0 Å². The van der Waals surface area contributed by atoms with Crippen molar-refractivity contribution in [1.82, 2.24) is 0 Å². The summed E-state index contributed by atoms with van der Waals surface area (Å²) in [6.45, 7) is 0. The number of primary amides is 1. The molecule has 0 unspecified atom stereocenters. The van der Waals surface area contributed by atoms with Crippen LogP contribution in [0.1, 0.15) is 29.5 Å². The Morgan fingerprint density at radius 1 is 1.04 bits per heavy atom. The van der Waals surface area contributed by atoms with Crippen molar-refractivity contribution in [2.24, 2.45) is 5.73 Å². The van der Waals surface area contributed by atoms with Crippen LogP contribution in [0.15, 0.2) is 12.1 Å². The van der Waals surface area contributed by atoms with E-state index < -0.39 is 35.2 Å². The Balaban J connectivity index is 2.78. The number of aliphatic hydroxyl groups is 1. The second kappa shape index (κ2) is 5.83. The van der Waals surface area contributed by atoms with Crippen LogP contribution in [0.5, 0.6) is 0 Å². The van der Waals surface area contributed by atoms with Crippen molar-refractivity contribution in [3.63, 3.8) is 0 Å². The normalized spacial score (nSPS) is 15.8. The molecule has 2 amide bonds. The van der Waals surface area contributed by atoms with Gasteiger partial charge in [-0.05, 0) is 36.8 Å². The molecule has 1 aliphatic carbocycles. The predicted octanol–water partition coefficient (Wildman–Crippen LogP) is 3.37. The molecular weight excluding hydrogens is 342 g/mol. The number of rotatable bonds is 2. The third-order valence-corrected chi connectivity index (χ3v) is 3.99. The summed E-state index contributed by atoms with van der Waals surface area (Å²) < 4.78 is 78.7. The maximum atomic E-state index is 13.1. The number of halogens is 6. The zero-order chi connectivity index (χ0) is 18.3. The zero-order valence-corrected chi connectivity index (χ0v) is 12.2.